The number of carbonyl (C=O) groups is 2. The molecule has 6 N–H and O–H groups in total. The lowest BCUT2D eigenvalue weighted by molar-refractivity contribution is -0.139. The van der Waals surface area contributed by atoms with Gasteiger partial charge in [0.15, 0.2) is 0 Å². The molecule has 0 aliphatic rings. The Morgan fingerprint density at radius 2 is 1.64 bits per heavy atom. The summed E-state index contributed by atoms with van der Waals surface area (Å²) in [6.07, 6.45) is -7.57. The normalized spacial score (nSPS) is 16.4. The second kappa shape index (κ2) is 11.6. The second-order valence-corrected chi connectivity index (χ2v) is 6.44. The van der Waals surface area contributed by atoms with Gasteiger partial charge in [-0.15, -0.1) is 0 Å². The maximum absolute atomic E-state index is 12.3. The number of aliphatic hydroxyl groups is 5. The number of carbonyl (C=O) groups excluding carboxylic acids is 2. The molecule has 0 saturated carbocycles. The minimum Gasteiger partial charge on any atom is -0.445 e. The summed E-state index contributed by atoms with van der Waals surface area (Å²) in [6.45, 7) is 0.293. The van der Waals surface area contributed by atoms with Gasteiger partial charge in [-0.1, -0.05) is 30.3 Å². The van der Waals surface area contributed by atoms with Gasteiger partial charge in [0, 0.05) is 13.6 Å². The van der Waals surface area contributed by atoms with Gasteiger partial charge < -0.3 is 40.5 Å². The van der Waals surface area contributed by atoms with Gasteiger partial charge in [0.2, 0.25) is 5.91 Å². The van der Waals surface area contributed by atoms with Crippen molar-refractivity contribution >= 4 is 12.0 Å². The number of ether oxygens (including phenoxy) is 1. The van der Waals surface area contributed by atoms with Crippen LogP contribution in [-0.2, 0) is 16.1 Å². The number of nitrogens with one attached hydrogen (secondary N) is 1. The van der Waals surface area contributed by atoms with Crippen LogP contribution in [0.4, 0.5) is 4.79 Å². The summed E-state index contributed by atoms with van der Waals surface area (Å²) in [5.74, 6) is -0.569. The van der Waals surface area contributed by atoms with E-state index in [4.69, 9.17) is 9.84 Å². The second-order valence-electron chi connectivity index (χ2n) is 6.44. The third-order valence-electron chi connectivity index (χ3n) is 4.08. The zero-order valence-electron chi connectivity index (χ0n) is 15.8. The first kappa shape index (κ1) is 23.8. The van der Waals surface area contributed by atoms with Crippen molar-refractivity contribution in [3.05, 3.63) is 35.9 Å². The Labute approximate surface area is 163 Å². The quantitative estimate of drug-likeness (QED) is 0.268. The van der Waals surface area contributed by atoms with E-state index in [2.05, 4.69) is 5.32 Å². The Kier molecular flexibility index (Phi) is 9.83. The van der Waals surface area contributed by atoms with Crippen LogP contribution in [0, 0.1) is 0 Å². The van der Waals surface area contributed by atoms with Crippen molar-refractivity contribution in [2.75, 3.05) is 20.2 Å². The minimum absolute atomic E-state index is 0.0411. The first-order valence-corrected chi connectivity index (χ1v) is 8.72. The first-order valence-electron chi connectivity index (χ1n) is 8.72. The summed E-state index contributed by atoms with van der Waals surface area (Å²) < 4.78 is 5.02. The number of rotatable bonds is 10. The number of aliphatic hydroxyl groups excluding tert-OH is 5. The Balaban J connectivity index is 2.47. The molecule has 28 heavy (non-hydrogen) atoms. The smallest absolute Gasteiger partial charge is 0.408 e. The SMILES string of the molecule is C[C@H](NC(=O)OCc1ccccc1)C(=O)N(C)C[C@H](O)[C@@H](O)[C@H](O)[C@H](O)CO. The van der Waals surface area contributed by atoms with Crippen LogP contribution in [-0.4, -0.2) is 93.1 Å². The third kappa shape index (κ3) is 7.41. The zero-order chi connectivity index (χ0) is 21.3. The molecule has 10 nitrogen and oxygen atoms in total. The van der Waals surface area contributed by atoms with Gasteiger partial charge in [-0.2, -0.15) is 0 Å². The lowest BCUT2D eigenvalue weighted by Crippen LogP contribution is -2.52. The van der Waals surface area contributed by atoms with E-state index in [1.54, 1.807) is 24.3 Å². The number of hydrogen-bond donors (Lipinski definition) is 6. The summed E-state index contributed by atoms with van der Waals surface area (Å²) in [7, 11) is 1.33. The molecule has 0 saturated heterocycles. The van der Waals surface area contributed by atoms with E-state index in [-0.39, 0.29) is 13.2 Å². The fourth-order valence-corrected chi connectivity index (χ4v) is 2.38. The molecule has 5 atom stereocenters. The van der Waals surface area contributed by atoms with Crippen LogP contribution in [0.5, 0.6) is 0 Å². The van der Waals surface area contributed by atoms with Crippen molar-refractivity contribution in [1.29, 1.82) is 0 Å². The van der Waals surface area contributed by atoms with Crippen molar-refractivity contribution in [3.63, 3.8) is 0 Å². The van der Waals surface area contributed by atoms with Gasteiger partial charge in [0.05, 0.1) is 6.61 Å². The molecule has 0 aliphatic heterocycles. The Bertz CT molecular complexity index is 615. The highest BCUT2D eigenvalue weighted by Gasteiger charge is 2.32. The molecule has 0 bridgehead atoms. The number of benzene rings is 1. The molecular formula is C18H28N2O8. The van der Waals surface area contributed by atoms with Crippen LogP contribution >= 0.6 is 0 Å². The molecule has 10 heteroatoms. The van der Waals surface area contributed by atoms with Crippen LogP contribution < -0.4 is 5.32 Å². The molecule has 158 valence electrons. The lowest BCUT2D eigenvalue weighted by atomic mass is 10.0. The molecule has 1 aromatic carbocycles. The molecule has 0 aliphatic carbocycles. The number of hydrogen-bond acceptors (Lipinski definition) is 8. The largest absolute Gasteiger partial charge is 0.445 e. The Hall–Kier alpha value is -2.24. The highest BCUT2D eigenvalue weighted by atomic mass is 16.5. The number of nitrogens with zero attached hydrogens (tertiary/aromatic N) is 1. The molecule has 1 rings (SSSR count). The van der Waals surface area contributed by atoms with E-state index in [1.807, 2.05) is 6.07 Å². The van der Waals surface area contributed by atoms with Crippen molar-refractivity contribution in [2.24, 2.45) is 0 Å². The maximum atomic E-state index is 12.3. The van der Waals surface area contributed by atoms with Crippen LogP contribution in [0.1, 0.15) is 12.5 Å². The molecule has 0 radical (unpaired) electrons. The summed E-state index contributed by atoms with van der Waals surface area (Å²) in [5, 5.41) is 49.7. The summed E-state index contributed by atoms with van der Waals surface area (Å²) in [6, 6.07) is 8.02. The fourth-order valence-electron chi connectivity index (χ4n) is 2.38. The van der Waals surface area contributed by atoms with E-state index < -0.39 is 49.1 Å². The van der Waals surface area contributed by atoms with Crippen LogP contribution in [0.2, 0.25) is 0 Å². The standard InChI is InChI=1S/C18H28N2O8/c1-11(19-18(27)28-10-12-6-4-3-5-7-12)17(26)20(2)8-13(22)15(24)16(25)14(23)9-21/h3-7,11,13-16,21-25H,8-10H2,1-2H3,(H,19,27)/t11-,13-,14+,15+,16+/m0/s1. The van der Waals surface area contributed by atoms with E-state index >= 15 is 0 Å². The lowest BCUT2D eigenvalue weighted by Gasteiger charge is -2.29. The highest BCUT2D eigenvalue weighted by Crippen LogP contribution is 2.07. The predicted molar refractivity (Wildman–Crippen MR) is 98.0 cm³/mol. The van der Waals surface area contributed by atoms with Gasteiger partial charge in [0.1, 0.15) is 37.1 Å². The highest BCUT2D eigenvalue weighted by molar-refractivity contribution is 5.85. The number of amides is 2. The van der Waals surface area contributed by atoms with E-state index in [0.717, 1.165) is 10.5 Å². The topological polar surface area (TPSA) is 160 Å². The van der Waals surface area contributed by atoms with Crippen LogP contribution in [0.15, 0.2) is 30.3 Å². The molecule has 1 aromatic rings. The molecule has 0 fully saturated rings. The van der Waals surface area contributed by atoms with Crippen molar-refractivity contribution in [2.45, 2.75) is 44.0 Å². The summed E-state index contributed by atoms with van der Waals surface area (Å²) in [5.41, 5.74) is 0.787. The van der Waals surface area contributed by atoms with E-state index in [1.165, 1.54) is 14.0 Å². The first-order chi connectivity index (χ1) is 13.2. The summed E-state index contributed by atoms with van der Waals surface area (Å²) >= 11 is 0. The monoisotopic (exact) mass is 400 g/mol. The van der Waals surface area contributed by atoms with E-state index in [9.17, 15) is 30.0 Å². The van der Waals surface area contributed by atoms with Crippen LogP contribution in [0.3, 0.4) is 0 Å². The van der Waals surface area contributed by atoms with Gasteiger partial charge in [0.25, 0.3) is 0 Å². The molecule has 0 heterocycles. The van der Waals surface area contributed by atoms with Crippen molar-refractivity contribution in [3.8, 4) is 0 Å². The number of alkyl carbamates (subject to hydrolysis) is 1. The maximum Gasteiger partial charge on any atom is 0.408 e. The van der Waals surface area contributed by atoms with Gasteiger partial charge in [-0.3, -0.25) is 4.79 Å². The Morgan fingerprint density at radius 3 is 2.21 bits per heavy atom. The predicted octanol–water partition coefficient (Wildman–Crippen LogP) is -1.80. The van der Waals surface area contributed by atoms with E-state index in [0.29, 0.717) is 0 Å². The zero-order valence-corrected chi connectivity index (χ0v) is 15.8. The molecular weight excluding hydrogens is 372 g/mol. The Morgan fingerprint density at radius 1 is 1.07 bits per heavy atom. The van der Waals surface area contributed by atoms with Crippen LogP contribution in [0.25, 0.3) is 0 Å². The van der Waals surface area contributed by atoms with Crippen molar-refractivity contribution in [1.82, 2.24) is 10.2 Å². The average Bonchev–Trinajstić information content (AvgIpc) is 2.70. The van der Waals surface area contributed by atoms with Crippen molar-refractivity contribution < 1.29 is 39.9 Å². The average molecular weight is 400 g/mol. The number of likely N-dealkylation sites (N-methyl/N-ethyl adjacent to an activating group) is 1. The van der Waals surface area contributed by atoms with Gasteiger partial charge in [-0.05, 0) is 12.5 Å². The molecule has 0 spiro atoms. The fraction of sp³-hybridized carbons (Fsp3) is 0.556. The molecule has 0 aromatic heterocycles. The molecule has 2 amide bonds. The molecule has 0 unspecified atom stereocenters. The third-order valence-corrected chi connectivity index (χ3v) is 4.08. The van der Waals surface area contributed by atoms with Gasteiger partial charge >= 0.3 is 6.09 Å². The summed E-state index contributed by atoms with van der Waals surface area (Å²) in [4.78, 5) is 25.1. The minimum atomic E-state index is -1.79. The van der Waals surface area contributed by atoms with Gasteiger partial charge in [-0.25, -0.2) is 4.79 Å².